The van der Waals surface area contributed by atoms with E-state index in [1.54, 1.807) is 11.8 Å². The minimum atomic E-state index is 0.170. The highest BCUT2D eigenvalue weighted by atomic mass is 32.2. The largest absolute Gasteiger partial charge is 0.355 e. The van der Waals surface area contributed by atoms with Gasteiger partial charge >= 0.3 is 0 Å². The summed E-state index contributed by atoms with van der Waals surface area (Å²) < 4.78 is 0. The first kappa shape index (κ1) is 14.4. The Balaban J connectivity index is 1.58. The minimum absolute atomic E-state index is 0.170. The highest BCUT2D eigenvalue weighted by Gasteiger charge is 2.16. The van der Waals surface area contributed by atoms with Gasteiger partial charge in [0.1, 0.15) is 0 Å². The number of benzene rings is 1. The Hall–Kier alpha value is -1.00. The number of amides is 1. The number of thioether (sulfide) groups is 1. The second-order valence-corrected chi connectivity index (χ2v) is 6.18. The van der Waals surface area contributed by atoms with Crippen molar-refractivity contribution in [3.8, 4) is 0 Å². The Morgan fingerprint density at radius 3 is 2.89 bits per heavy atom. The Labute approximate surface area is 119 Å². The lowest BCUT2D eigenvalue weighted by molar-refractivity contribution is -0.121. The highest BCUT2D eigenvalue weighted by Crippen LogP contribution is 2.17. The molecule has 0 spiro atoms. The maximum absolute atomic E-state index is 11.7. The lowest BCUT2D eigenvalue weighted by Crippen LogP contribution is -2.32. The van der Waals surface area contributed by atoms with Crippen LogP contribution in [0.25, 0.3) is 0 Å². The first-order valence-electron chi connectivity index (χ1n) is 6.93. The Morgan fingerprint density at radius 2 is 2.21 bits per heavy atom. The Bertz CT molecular complexity index is 399. The lowest BCUT2D eigenvalue weighted by atomic mass is 10.1. The van der Waals surface area contributed by atoms with Gasteiger partial charge in [0.05, 0.1) is 0 Å². The van der Waals surface area contributed by atoms with E-state index in [9.17, 15) is 4.79 Å². The van der Waals surface area contributed by atoms with Crippen molar-refractivity contribution < 1.29 is 4.79 Å². The zero-order valence-electron chi connectivity index (χ0n) is 11.4. The van der Waals surface area contributed by atoms with Crippen molar-refractivity contribution in [1.29, 1.82) is 0 Å². The number of nitrogens with one attached hydrogen (secondary N) is 2. The molecule has 2 N–H and O–H groups in total. The highest BCUT2D eigenvalue weighted by molar-refractivity contribution is 7.99. The molecule has 1 aromatic carbocycles. The number of rotatable bonds is 6. The molecule has 1 heterocycles. The molecule has 19 heavy (non-hydrogen) atoms. The lowest BCUT2D eigenvalue weighted by Gasteiger charge is -2.10. The molecule has 0 bridgehead atoms. The second-order valence-electron chi connectivity index (χ2n) is 5.01. The van der Waals surface area contributed by atoms with Crippen LogP contribution in [0.3, 0.4) is 0 Å². The molecule has 1 amide bonds. The van der Waals surface area contributed by atoms with E-state index in [1.807, 2.05) is 0 Å². The van der Waals surface area contributed by atoms with Crippen molar-refractivity contribution in [2.75, 3.05) is 18.8 Å². The number of hydrogen-bond acceptors (Lipinski definition) is 3. The molecule has 3 nitrogen and oxygen atoms in total. The molecule has 0 saturated carbocycles. The Kier molecular flexibility index (Phi) is 5.73. The van der Waals surface area contributed by atoms with Crippen LogP contribution in [-0.4, -0.2) is 30.8 Å². The van der Waals surface area contributed by atoms with Gasteiger partial charge in [-0.25, -0.2) is 0 Å². The van der Waals surface area contributed by atoms with E-state index >= 15 is 0 Å². The molecular weight excluding hydrogens is 256 g/mol. The molecule has 1 aromatic rings. The van der Waals surface area contributed by atoms with Crippen LogP contribution in [0.5, 0.6) is 0 Å². The number of carbonyl (C=O) groups is 1. The quantitative estimate of drug-likeness (QED) is 0.620. The van der Waals surface area contributed by atoms with Crippen LogP contribution in [0.4, 0.5) is 0 Å². The standard InChI is InChI=1S/C15H22N2OS/c1-12-4-6-14(7-5-12)19-10-9-17-15(18)11-13-3-2-8-16-13/h4-7,13,16H,2-3,8-11H2,1H3,(H,17,18). The van der Waals surface area contributed by atoms with Crippen LogP contribution >= 0.6 is 11.8 Å². The third-order valence-electron chi connectivity index (χ3n) is 3.31. The minimum Gasteiger partial charge on any atom is -0.355 e. The molecular formula is C15H22N2OS. The summed E-state index contributed by atoms with van der Waals surface area (Å²) >= 11 is 1.78. The van der Waals surface area contributed by atoms with Gasteiger partial charge in [-0.1, -0.05) is 17.7 Å². The molecule has 1 saturated heterocycles. The summed E-state index contributed by atoms with van der Waals surface area (Å²) in [6, 6.07) is 8.89. The molecule has 1 fully saturated rings. The average Bonchev–Trinajstić information content (AvgIpc) is 2.89. The second kappa shape index (κ2) is 7.56. The zero-order chi connectivity index (χ0) is 13.5. The topological polar surface area (TPSA) is 41.1 Å². The maximum Gasteiger partial charge on any atom is 0.221 e. The van der Waals surface area contributed by atoms with Gasteiger partial charge in [-0.15, -0.1) is 11.8 Å². The molecule has 2 rings (SSSR count). The van der Waals surface area contributed by atoms with Gasteiger partial charge in [-0.3, -0.25) is 4.79 Å². The van der Waals surface area contributed by atoms with Crippen LogP contribution in [0.2, 0.25) is 0 Å². The summed E-state index contributed by atoms with van der Waals surface area (Å²) in [6.07, 6.45) is 2.95. The van der Waals surface area contributed by atoms with E-state index in [1.165, 1.54) is 16.9 Å². The van der Waals surface area contributed by atoms with Crippen molar-refractivity contribution in [1.82, 2.24) is 10.6 Å². The van der Waals surface area contributed by atoms with E-state index in [-0.39, 0.29) is 5.91 Å². The average molecular weight is 278 g/mol. The maximum atomic E-state index is 11.7. The molecule has 0 radical (unpaired) electrons. The van der Waals surface area contributed by atoms with Crippen LogP contribution < -0.4 is 10.6 Å². The van der Waals surface area contributed by atoms with Gasteiger partial charge in [0.25, 0.3) is 0 Å². The van der Waals surface area contributed by atoms with Crippen molar-refractivity contribution in [2.24, 2.45) is 0 Å². The number of hydrogen-bond donors (Lipinski definition) is 2. The van der Waals surface area contributed by atoms with E-state index in [0.717, 1.165) is 25.3 Å². The summed E-state index contributed by atoms with van der Waals surface area (Å²) in [5.74, 6) is 1.09. The van der Waals surface area contributed by atoms with Crippen LogP contribution in [-0.2, 0) is 4.79 Å². The van der Waals surface area contributed by atoms with Crippen molar-refractivity contribution in [3.63, 3.8) is 0 Å². The third kappa shape index (κ3) is 5.25. The normalized spacial score (nSPS) is 18.5. The van der Waals surface area contributed by atoms with Gasteiger partial charge in [0, 0.05) is 29.7 Å². The van der Waals surface area contributed by atoms with Crippen LogP contribution in [0.15, 0.2) is 29.2 Å². The summed E-state index contributed by atoms with van der Waals surface area (Å²) in [7, 11) is 0. The van der Waals surface area contributed by atoms with Crippen molar-refractivity contribution >= 4 is 17.7 Å². The first-order valence-corrected chi connectivity index (χ1v) is 7.92. The third-order valence-corrected chi connectivity index (χ3v) is 4.32. The molecule has 1 aliphatic rings. The van der Waals surface area contributed by atoms with Crippen LogP contribution in [0.1, 0.15) is 24.8 Å². The fraction of sp³-hybridized carbons (Fsp3) is 0.533. The predicted octanol–water partition coefficient (Wildman–Crippen LogP) is 2.35. The van der Waals surface area contributed by atoms with Crippen molar-refractivity contribution in [3.05, 3.63) is 29.8 Å². The van der Waals surface area contributed by atoms with Gasteiger partial charge in [-0.2, -0.15) is 0 Å². The van der Waals surface area contributed by atoms with Crippen LogP contribution in [0, 0.1) is 6.92 Å². The van der Waals surface area contributed by atoms with E-state index in [2.05, 4.69) is 41.8 Å². The molecule has 104 valence electrons. The number of aryl methyl sites for hydroxylation is 1. The fourth-order valence-corrected chi connectivity index (χ4v) is 2.99. The van der Waals surface area contributed by atoms with Crippen molar-refractivity contribution in [2.45, 2.75) is 37.1 Å². The molecule has 1 unspecified atom stereocenters. The summed E-state index contributed by atoms with van der Waals surface area (Å²) in [5.41, 5.74) is 1.28. The number of carbonyl (C=O) groups excluding carboxylic acids is 1. The van der Waals surface area contributed by atoms with E-state index in [4.69, 9.17) is 0 Å². The smallest absolute Gasteiger partial charge is 0.221 e. The summed E-state index contributed by atoms with van der Waals surface area (Å²) in [4.78, 5) is 13.0. The molecule has 4 heteroatoms. The Morgan fingerprint density at radius 1 is 1.42 bits per heavy atom. The van der Waals surface area contributed by atoms with Gasteiger partial charge < -0.3 is 10.6 Å². The summed E-state index contributed by atoms with van der Waals surface area (Å²) in [5, 5.41) is 6.33. The fourth-order valence-electron chi connectivity index (χ4n) is 2.22. The molecule has 0 aromatic heterocycles. The van der Waals surface area contributed by atoms with Gasteiger partial charge in [0.15, 0.2) is 0 Å². The SMILES string of the molecule is Cc1ccc(SCCNC(=O)CC2CCCN2)cc1. The molecule has 1 atom stereocenters. The van der Waals surface area contributed by atoms with Gasteiger partial charge in [-0.05, 0) is 38.4 Å². The van der Waals surface area contributed by atoms with Gasteiger partial charge in [0.2, 0.25) is 5.91 Å². The summed E-state index contributed by atoms with van der Waals surface area (Å²) in [6.45, 7) is 3.89. The monoisotopic (exact) mass is 278 g/mol. The molecule has 1 aliphatic heterocycles. The van der Waals surface area contributed by atoms with E-state index < -0.39 is 0 Å². The van der Waals surface area contributed by atoms with E-state index in [0.29, 0.717) is 12.5 Å². The molecule has 0 aliphatic carbocycles. The predicted molar refractivity (Wildman–Crippen MR) is 80.6 cm³/mol. The first-order chi connectivity index (χ1) is 9.24. The zero-order valence-corrected chi connectivity index (χ0v) is 12.3.